The van der Waals surface area contributed by atoms with Gasteiger partial charge in [0.05, 0.1) is 39.9 Å². The van der Waals surface area contributed by atoms with Crippen molar-refractivity contribution in [3.8, 4) is 0 Å². The average Bonchev–Trinajstić information content (AvgIpc) is 3.37. The summed E-state index contributed by atoms with van der Waals surface area (Å²) in [6.07, 6.45) is 80.7. The molecule has 3 unspecified atom stereocenters. The quantitative estimate of drug-likeness (QED) is 0.0272. The van der Waals surface area contributed by atoms with Crippen molar-refractivity contribution in [1.29, 1.82) is 0 Å². The molecule has 0 saturated heterocycles. The molecule has 1 amide bonds. The van der Waals surface area contributed by atoms with Crippen molar-refractivity contribution in [1.82, 2.24) is 5.32 Å². The van der Waals surface area contributed by atoms with Crippen LogP contribution in [0.15, 0.2) is 97.2 Å². The lowest BCUT2D eigenvalue weighted by Crippen LogP contribution is -2.45. The van der Waals surface area contributed by atoms with E-state index >= 15 is 0 Å². The van der Waals surface area contributed by atoms with Crippen LogP contribution in [0.2, 0.25) is 0 Å². The van der Waals surface area contributed by atoms with Crippen LogP contribution in [-0.2, 0) is 18.4 Å². The van der Waals surface area contributed by atoms with Crippen molar-refractivity contribution in [2.45, 2.75) is 276 Å². The van der Waals surface area contributed by atoms with Gasteiger partial charge in [-0.1, -0.05) is 272 Å². The number of unbranched alkanes of at least 4 members (excludes halogenated alkanes) is 29. The summed E-state index contributed by atoms with van der Waals surface area (Å²) in [5.74, 6) is -0.211. The number of hydrogen-bond donors (Lipinski definition) is 2. The van der Waals surface area contributed by atoms with Gasteiger partial charge in [0, 0.05) is 6.42 Å². The SMILES string of the molecule is CC/C=C\C/C=C\C/C=C\C/C=C\C/C=C\C/C=C\CCCCCCCCCCCCCCC(=O)NC(COP(=O)([O-])OCC[N+](C)(C)C)C(O)/C=C/CC/C=C/CCCCCCCCCCCCCCCCCC. The van der Waals surface area contributed by atoms with E-state index in [1.165, 1.54) is 167 Å². The molecule has 0 bridgehead atoms. The smallest absolute Gasteiger partial charge is 0.268 e. The lowest BCUT2D eigenvalue weighted by atomic mass is 10.0. The molecular formula is C66H119N2O6P. The summed E-state index contributed by atoms with van der Waals surface area (Å²) in [7, 11) is 1.24. The Morgan fingerprint density at radius 3 is 1.24 bits per heavy atom. The number of aliphatic hydroxyl groups excluding tert-OH is 1. The van der Waals surface area contributed by atoms with Crippen molar-refractivity contribution in [3.63, 3.8) is 0 Å². The Balaban J connectivity index is 4.20. The maximum Gasteiger partial charge on any atom is 0.268 e. The first-order valence-electron chi connectivity index (χ1n) is 31.1. The second-order valence-electron chi connectivity index (χ2n) is 22.0. The van der Waals surface area contributed by atoms with E-state index < -0.39 is 26.6 Å². The lowest BCUT2D eigenvalue weighted by Gasteiger charge is -2.29. The zero-order valence-electron chi connectivity index (χ0n) is 49.5. The summed E-state index contributed by atoms with van der Waals surface area (Å²) in [6.45, 7) is 4.53. The van der Waals surface area contributed by atoms with E-state index in [0.29, 0.717) is 17.4 Å². The van der Waals surface area contributed by atoms with Crippen LogP contribution in [0.5, 0.6) is 0 Å². The minimum atomic E-state index is -4.61. The lowest BCUT2D eigenvalue weighted by molar-refractivity contribution is -0.870. The number of carbonyl (C=O) groups is 1. The van der Waals surface area contributed by atoms with Gasteiger partial charge in [0.15, 0.2) is 0 Å². The molecule has 75 heavy (non-hydrogen) atoms. The number of nitrogens with one attached hydrogen (secondary N) is 1. The van der Waals surface area contributed by atoms with Crippen molar-refractivity contribution < 1.29 is 32.9 Å². The standard InChI is InChI=1S/C66H119N2O6P/c1-6-8-10-12-14-16-18-20-22-24-26-28-30-31-32-33-34-35-36-37-38-40-42-44-46-48-50-52-54-56-58-60-66(70)67-64(63-74-75(71,72)73-62-61-68(3,4)5)65(69)59-57-55-53-51-49-47-45-43-41-39-29-27-25-23-21-19-17-15-13-11-9-7-2/h8,10,14,16,20,22,26,28,31-32,34-35,49,51,57,59,64-65,69H,6-7,9,11-13,15,17-19,21,23-25,27,29-30,33,36-48,50,52-56,58,60-63H2,1-5H3,(H-,67,70,71,72)/b10-8-,16-14-,22-20-,28-26-,32-31-,35-34-,51-49+,59-57+. The molecule has 0 fully saturated rings. The highest BCUT2D eigenvalue weighted by molar-refractivity contribution is 7.45. The monoisotopic (exact) mass is 1070 g/mol. The fourth-order valence-electron chi connectivity index (χ4n) is 8.70. The molecule has 0 saturated carbocycles. The molecule has 0 aliphatic heterocycles. The molecule has 9 heteroatoms. The molecule has 434 valence electrons. The van der Waals surface area contributed by atoms with Crippen LogP contribution in [0.1, 0.15) is 264 Å². The molecule has 0 radical (unpaired) electrons. The van der Waals surface area contributed by atoms with Crippen LogP contribution in [0, 0.1) is 0 Å². The number of phosphoric acid groups is 1. The highest BCUT2D eigenvalue weighted by Crippen LogP contribution is 2.38. The van der Waals surface area contributed by atoms with E-state index in [1.54, 1.807) is 6.08 Å². The van der Waals surface area contributed by atoms with Gasteiger partial charge in [-0.05, 0) is 83.5 Å². The summed E-state index contributed by atoms with van der Waals surface area (Å²) in [5, 5.41) is 13.9. The van der Waals surface area contributed by atoms with Crippen LogP contribution in [-0.4, -0.2) is 68.5 Å². The van der Waals surface area contributed by atoms with Crippen molar-refractivity contribution in [2.24, 2.45) is 0 Å². The second kappa shape index (κ2) is 56.2. The molecule has 0 spiro atoms. The molecule has 0 aliphatic carbocycles. The number of hydrogen-bond acceptors (Lipinski definition) is 6. The van der Waals surface area contributed by atoms with E-state index in [0.717, 1.165) is 77.0 Å². The maximum absolute atomic E-state index is 13.0. The zero-order chi connectivity index (χ0) is 54.9. The van der Waals surface area contributed by atoms with Crippen LogP contribution < -0.4 is 10.2 Å². The van der Waals surface area contributed by atoms with Crippen molar-refractivity contribution >= 4 is 13.7 Å². The molecule has 0 rings (SSSR count). The zero-order valence-corrected chi connectivity index (χ0v) is 50.4. The Morgan fingerprint density at radius 2 is 0.827 bits per heavy atom. The summed E-state index contributed by atoms with van der Waals surface area (Å²) in [4.78, 5) is 25.6. The van der Waals surface area contributed by atoms with Gasteiger partial charge in [-0.25, -0.2) is 0 Å². The van der Waals surface area contributed by atoms with Crippen LogP contribution in [0.25, 0.3) is 0 Å². The summed E-state index contributed by atoms with van der Waals surface area (Å²) < 4.78 is 23.4. The van der Waals surface area contributed by atoms with Gasteiger partial charge >= 0.3 is 0 Å². The van der Waals surface area contributed by atoms with Gasteiger partial charge in [-0.3, -0.25) is 9.36 Å². The summed E-state index contributed by atoms with van der Waals surface area (Å²) in [6, 6.07) is -0.911. The number of rotatable bonds is 56. The Hall–Kier alpha value is -2.58. The van der Waals surface area contributed by atoms with Gasteiger partial charge in [0.25, 0.3) is 7.82 Å². The largest absolute Gasteiger partial charge is 0.756 e. The predicted octanol–water partition coefficient (Wildman–Crippen LogP) is 18.7. The number of likely N-dealkylation sites (N-methyl/N-ethyl adjacent to an activating group) is 1. The molecule has 8 nitrogen and oxygen atoms in total. The van der Waals surface area contributed by atoms with Gasteiger partial charge in [0.2, 0.25) is 5.91 Å². The van der Waals surface area contributed by atoms with Crippen LogP contribution >= 0.6 is 7.82 Å². The van der Waals surface area contributed by atoms with Crippen LogP contribution in [0.3, 0.4) is 0 Å². The molecular weight excluding hydrogens is 948 g/mol. The second-order valence-corrected chi connectivity index (χ2v) is 23.4. The number of nitrogens with zero attached hydrogens (tertiary/aromatic N) is 1. The number of carbonyl (C=O) groups excluding carboxylic acids is 1. The fourth-order valence-corrected chi connectivity index (χ4v) is 9.43. The molecule has 0 heterocycles. The minimum absolute atomic E-state index is 0.0103. The molecule has 0 aromatic heterocycles. The average molecular weight is 1070 g/mol. The Morgan fingerprint density at radius 1 is 0.480 bits per heavy atom. The number of allylic oxidation sites excluding steroid dienone is 15. The van der Waals surface area contributed by atoms with Gasteiger partial charge in [-0.2, -0.15) is 0 Å². The molecule has 0 aliphatic rings. The number of quaternary nitrogens is 1. The molecule has 3 atom stereocenters. The van der Waals surface area contributed by atoms with E-state index in [2.05, 4.69) is 104 Å². The third kappa shape index (κ3) is 58.9. The third-order valence-corrected chi connectivity index (χ3v) is 14.5. The van der Waals surface area contributed by atoms with E-state index in [4.69, 9.17) is 9.05 Å². The molecule has 0 aromatic rings. The number of phosphoric ester groups is 1. The fraction of sp³-hybridized carbons (Fsp3) is 0.742. The van der Waals surface area contributed by atoms with Gasteiger partial charge in [0.1, 0.15) is 13.2 Å². The highest BCUT2D eigenvalue weighted by atomic mass is 31.2. The number of amides is 1. The van der Waals surface area contributed by atoms with E-state index in [-0.39, 0.29) is 12.5 Å². The highest BCUT2D eigenvalue weighted by Gasteiger charge is 2.23. The van der Waals surface area contributed by atoms with Crippen molar-refractivity contribution in [2.75, 3.05) is 40.9 Å². The topological polar surface area (TPSA) is 108 Å². The third-order valence-electron chi connectivity index (χ3n) is 13.5. The maximum atomic E-state index is 13.0. The first-order chi connectivity index (χ1) is 36.5. The number of aliphatic hydroxyl groups is 1. The Labute approximate surface area is 464 Å². The Bertz CT molecular complexity index is 1540. The van der Waals surface area contributed by atoms with Crippen LogP contribution in [0.4, 0.5) is 0 Å². The first-order valence-corrected chi connectivity index (χ1v) is 32.6. The Kier molecular flexibility index (Phi) is 54.2. The van der Waals surface area contributed by atoms with E-state index in [1.807, 2.05) is 27.2 Å². The minimum Gasteiger partial charge on any atom is -0.756 e. The first kappa shape index (κ1) is 72.4. The van der Waals surface area contributed by atoms with Gasteiger partial charge in [-0.15, -0.1) is 0 Å². The van der Waals surface area contributed by atoms with E-state index in [9.17, 15) is 19.4 Å². The van der Waals surface area contributed by atoms with Crippen molar-refractivity contribution in [3.05, 3.63) is 97.2 Å². The molecule has 0 aromatic carbocycles. The predicted molar refractivity (Wildman–Crippen MR) is 325 cm³/mol. The normalized spacial score (nSPS) is 14.5. The summed E-state index contributed by atoms with van der Waals surface area (Å²) >= 11 is 0. The van der Waals surface area contributed by atoms with Gasteiger partial charge < -0.3 is 28.8 Å². The summed E-state index contributed by atoms with van der Waals surface area (Å²) in [5.41, 5.74) is 0. The molecule has 2 N–H and O–H groups in total.